The van der Waals surface area contributed by atoms with E-state index < -0.39 is 24.3 Å². The molecule has 2 aromatic carbocycles. The molecule has 3 rings (SSSR count). The maximum Gasteiger partial charge on any atom is 0.495 e. The summed E-state index contributed by atoms with van der Waals surface area (Å²) in [5.41, 5.74) is 0.758. The van der Waals surface area contributed by atoms with Crippen molar-refractivity contribution in [3.63, 3.8) is 0 Å². The third-order valence-electron chi connectivity index (χ3n) is 4.72. The average molecular weight is 345 g/mol. The third-order valence-corrected chi connectivity index (χ3v) is 4.97. The first-order valence-electron chi connectivity index (χ1n) is 7.68. The lowest BCUT2D eigenvalue weighted by Crippen LogP contribution is -2.42. The first-order chi connectivity index (χ1) is 11.2. The molecule has 4 nitrogen and oxygen atoms in total. The van der Waals surface area contributed by atoms with Gasteiger partial charge in [-0.3, -0.25) is 0 Å². The van der Waals surface area contributed by atoms with Gasteiger partial charge in [0.05, 0.1) is 11.2 Å². The fraction of sp³-hybridized carbons (Fsp3) is 0.278. The molecule has 1 atom stereocenters. The van der Waals surface area contributed by atoms with Crippen molar-refractivity contribution in [2.24, 2.45) is 0 Å². The lowest BCUT2D eigenvalue weighted by Gasteiger charge is -2.36. The molecule has 0 saturated carbocycles. The summed E-state index contributed by atoms with van der Waals surface area (Å²) in [6, 6.07) is 14.1. The van der Waals surface area contributed by atoms with Crippen molar-refractivity contribution < 1.29 is 19.2 Å². The monoisotopic (exact) mass is 344 g/mol. The van der Waals surface area contributed by atoms with Gasteiger partial charge in [-0.2, -0.15) is 0 Å². The maximum atomic E-state index is 11.0. The van der Waals surface area contributed by atoms with E-state index in [0.717, 1.165) is 11.0 Å². The van der Waals surface area contributed by atoms with Crippen LogP contribution in [0, 0.1) is 0 Å². The smallest absolute Gasteiger partial charge is 0.478 e. The van der Waals surface area contributed by atoms with Crippen molar-refractivity contribution in [2.75, 3.05) is 0 Å². The molecule has 1 aliphatic heterocycles. The Morgan fingerprint density at radius 2 is 1.58 bits per heavy atom. The summed E-state index contributed by atoms with van der Waals surface area (Å²) in [5.74, 6) is -0.957. The molecule has 1 N–H and O–H groups in total. The number of carbonyl (C=O) groups is 1. The van der Waals surface area contributed by atoms with Crippen molar-refractivity contribution in [1.82, 2.24) is 0 Å². The Kier molecular flexibility index (Phi) is 4.20. The molecule has 24 heavy (non-hydrogen) atoms. The summed E-state index contributed by atoms with van der Waals surface area (Å²) in [7, 11) is -0.566. The van der Waals surface area contributed by atoms with Crippen molar-refractivity contribution >= 4 is 30.2 Å². The number of carboxylic acids is 1. The van der Waals surface area contributed by atoms with Crippen LogP contribution in [0.15, 0.2) is 48.5 Å². The van der Waals surface area contributed by atoms with Gasteiger partial charge in [-0.15, -0.1) is 0 Å². The van der Waals surface area contributed by atoms with Crippen LogP contribution in [0.5, 0.6) is 0 Å². The van der Waals surface area contributed by atoms with E-state index in [9.17, 15) is 4.79 Å². The van der Waals surface area contributed by atoms with Gasteiger partial charge in [-0.25, -0.2) is 4.79 Å². The number of benzene rings is 2. The molecule has 1 saturated heterocycles. The fourth-order valence-corrected chi connectivity index (χ4v) is 2.99. The number of hydrogen-bond donors (Lipinski definition) is 1. The van der Waals surface area contributed by atoms with Gasteiger partial charge in [-0.1, -0.05) is 35.9 Å². The molecule has 6 heteroatoms. The topological polar surface area (TPSA) is 55.8 Å². The molecule has 1 aliphatic rings. The Labute approximate surface area is 146 Å². The van der Waals surface area contributed by atoms with E-state index in [1.807, 2.05) is 45.0 Å². The third kappa shape index (κ3) is 2.84. The van der Waals surface area contributed by atoms with Crippen LogP contribution in [0.4, 0.5) is 0 Å². The molecule has 0 amide bonds. The minimum Gasteiger partial charge on any atom is -0.478 e. The van der Waals surface area contributed by atoms with Crippen LogP contribution in [0.1, 0.15) is 36.7 Å². The van der Waals surface area contributed by atoms with E-state index >= 15 is 0 Å². The van der Waals surface area contributed by atoms with E-state index in [1.54, 1.807) is 24.3 Å². The van der Waals surface area contributed by atoms with E-state index in [2.05, 4.69) is 0 Å². The Bertz CT molecular complexity index is 758. The highest BCUT2D eigenvalue weighted by atomic mass is 35.5. The molecular formula is C18H18BClO4. The van der Waals surface area contributed by atoms with Crippen LogP contribution in [-0.4, -0.2) is 23.8 Å². The number of rotatable bonds is 3. The zero-order chi connectivity index (χ0) is 17.5. The summed E-state index contributed by atoms with van der Waals surface area (Å²) < 4.78 is 12.4. The Hall–Kier alpha value is -1.82. The molecule has 0 aliphatic carbocycles. The zero-order valence-electron chi connectivity index (χ0n) is 13.7. The zero-order valence-corrected chi connectivity index (χ0v) is 14.5. The highest BCUT2D eigenvalue weighted by molar-refractivity contribution is 6.62. The highest BCUT2D eigenvalue weighted by Gasteiger charge is 2.55. The van der Waals surface area contributed by atoms with E-state index in [4.69, 9.17) is 26.0 Å². The molecule has 0 radical (unpaired) electrons. The van der Waals surface area contributed by atoms with Gasteiger partial charge in [0.2, 0.25) is 0 Å². The van der Waals surface area contributed by atoms with Crippen LogP contribution in [0.25, 0.3) is 0 Å². The predicted molar refractivity (Wildman–Crippen MR) is 93.8 cm³/mol. The van der Waals surface area contributed by atoms with Crippen molar-refractivity contribution in [1.29, 1.82) is 0 Å². The maximum absolute atomic E-state index is 11.0. The fourth-order valence-electron chi connectivity index (χ4n) is 2.86. The van der Waals surface area contributed by atoms with Crippen molar-refractivity contribution in [2.45, 2.75) is 32.0 Å². The van der Waals surface area contributed by atoms with Gasteiger partial charge < -0.3 is 14.4 Å². The number of halogens is 1. The van der Waals surface area contributed by atoms with Crippen LogP contribution in [0.2, 0.25) is 5.02 Å². The Morgan fingerprint density at radius 1 is 1.00 bits per heavy atom. The van der Waals surface area contributed by atoms with Crippen LogP contribution >= 0.6 is 11.6 Å². The standard InChI is InChI=1S/C18H18BClO4/c1-17(2)18(3,13-6-10-15(20)11-7-13)24-19(23-17)14-8-4-12(5-9-14)16(21)22/h4-11H,1-3H3,(H,21,22). The Balaban J connectivity index is 1.92. The first kappa shape index (κ1) is 17.0. The van der Waals surface area contributed by atoms with Crippen LogP contribution in [-0.2, 0) is 14.9 Å². The normalized spacial score (nSPS) is 22.6. The van der Waals surface area contributed by atoms with Crippen molar-refractivity contribution in [3.05, 3.63) is 64.7 Å². The second-order valence-electron chi connectivity index (χ2n) is 6.55. The molecular weight excluding hydrogens is 326 g/mol. The minimum atomic E-state index is -0.957. The Morgan fingerprint density at radius 3 is 2.12 bits per heavy atom. The van der Waals surface area contributed by atoms with E-state index in [1.165, 1.54) is 0 Å². The molecule has 1 unspecified atom stereocenters. The lowest BCUT2D eigenvalue weighted by atomic mass is 9.78. The molecule has 0 spiro atoms. The van der Waals surface area contributed by atoms with Gasteiger partial charge in [0, 0.05) is 5.02 Å². The second kappa shape index (κ2) is 5.92. The minimum absolute atomic E-state index is 0.233. The summed E-state index contributed by atoms with van der Waals surface area (Å²) in [6.07, 6.45) is 0. The summed E-state index contributed by atoms with van der Waals surface area (Å²) in [6.45, 7) is 5.95. The van der Waals surface area contributed by atoms with Crippen LogP contribution in [0.3, 0.4) is 0 Å². The quantitative estimate of drug-likeness (QED) is 0.866. The first-order valence-corrected chi connectivity index (χ1v) is 8.06. The summed E-state index contributed by atoms with van der Waals surface area (Å²) in [4.78, 5) is 11.0. The van der Waals surface area contributed by atoms with Gasteiger partial charge in [-0.05, 0) is 56.1 Å². The highest BCUT2D eigenvalue weighted by Crippen LogP contribution is 2.45. The summed E-state index contributed by atoms with van der Waals surface area (Å²) in [5, 5.41) is 9.67. The predicted octanol–water partition coefficient (Wildman–Crippen LogP) is 3.47. The average Bonchev–Trinajstić information content (AvgIpc) is 2.79. The number of hydrogen-bond acceptors (Lipinski definition) is 3. The SMILES string of the molecule is CC1(C)OB(c2ccc(C(=O)O)cc2)OC1(C)c1ccc(Cl)cc1. The van der Waals surface area contributed by atoms with Gasteiger partial charge >= 0.3 is 13.1 Å². The second-order valence-corrected chi connectivity index (χ2v) is 6.98. The van der Waals surface area contributed by atoms with Gasteiger partial charge in [0.25, 0.3) is 0 Å². The van der Waals surface area contributed by atoms with E-state index in [-0.39, 0.29) is 5.56 Å². The molecule has 1 fully saturated rings. The molecule has 2 aromatic rings. The van der Waals surface area contributed by atoms with E-state index in [0.29, 0.717) is 5.02 Å². The van der Waals surface area contributed by atoms with Gasteiger partial charge in [0.1, 0.15) is 5.60 Å². The number of carboxylic acid groups (broad SMARTS) is 1. The van der Waals surface area contributed by atoms with Crippen LogP contribution < -0.4 is 5.46 Å². The molecule has 1 heterocycles. The lowest BCUT2D eigenvalue weighted by molar-refractivity contribution is -0.0133. The molecule has 124 valence electrons. The summed E-state index contributed by atoms with van der Waals surface area (Å²) >= 11 is 5.98. The number of aromatic carboxylic acids is 1. The van der Waals surface area contributed by atoms with Crippen molar-refractivity contribution in [3.8, 4) is 0 Å². The molecule has 0 bridgehead atoms. The molecule has 0 aromatic heterocycles. The van der Waals surface area contributed by atoms with Gasteiger partial charge in [0.15, 0.2) is 0 Å². The largest absolute Gasteiger partial charge is 0.495 e.